The van der Waals surface area contributed by atoms with Crippen LogP contribution in [0.1, 0.15) is 37.2 Å². The molecule has 5 nitrogen and oxygen atoms in total. The quantitative estimate of drug-likeness (QED) is 0.742. The van der Waals surface area contributed by atoms with Gasteiger partial charge in [-0.05, 0) is 30.9 Å². The molecule has 0 spiro atoms. The van der Waals surface area contributed by atoms with Crippen LogP contribution in [0.5, 0.6) is 5.88 Å². The molecular weight excluding hydrogens is 220 g/mol. The van der Waals surface area contributed by atoms with E-state index in [9.17, 15) is 4.79 Å². The summed E-state index contributed by atoms with van der Waals surface area (Å²) < 4.78 is 5.38. The number of nitrogen functional groups attached to an aromatic ring is 1. The van der Waals surface area contributed by atoms with E-state index >= 15 is 0 Å². The fourth-order valence-electron chi connectivity index (χ4n) is 1.35. The summed E-state index contributed by atoms with van der Waals surface area (Å²) in [6, 6.07) is 2.85. The van der Waals surface area contributed by atoms with E-state index in [1.807, 2.05) is 0 Å². The average Bonchev–Trinajstić information content (AvgIpc) is 2.25. The van der Waals surface area contributed by atoms with Crippen molar-refractivity contribution < 1.29 is 14.6 Å². The first-order chi connectivity index (χ1) is 8.00. The number of aromatic carboxylic acids is 1. The second kappa shape index (κ2) is 6.08. The summed E-state index contributed by atoms with van der Waals surface area (Å²) in [6.07, 6.45) is 1.95. The number of hydrogen-bond donors (Lipinski definition) is 2. The Labute approximate surface area is 101 Å². The molecule has 1 aromatic rings. The summed E-state index contributed by atoms with van der Waals surface area (Å²) in [4.78, 5) is 14.6. The number of carboxylic acids is 1. The predicted molar refractivity (Wildman–Crippen MR) is 65.2 cm³/mol. The van der Waals surface area contributed by atoms with E-state index < -0.39 is 5.97 Å². The van der Waals surface area contributed by atoms with Crippen molar-refractivity contribution in [2.24, 2.45) is 5.92 Å². The van der Waals surface area contributed by atoms with Crippen molar-refractivity contribution in [3.63, 3.8) is 0 Å². The number of nitrogens with two attached hydrogens (primary N) is 1. The Morgan fingerprint density at radius 1 is 1.53 bits per heavy atom. The van der Waals surface area contributed by atoms with Crippen molar-refractivity contribution in [3.8, 4) is 5.88 Å². The van der Waals surface area contributed by atoms with Gasteiger partial charge in [-0.1, -0.05) is 13.8 Å². The van der Waals surface area contributed by atoms with Crippen LogP contribution in [0.2, 0.25) is 0 Å². The molecule has 0 saturated carbocycles. The molecule has 0 aliphatic heterocycles. The van der Waals surface area contributed by atoms with Gasteiger partial charge in [0.25, 0.3) is 0 Å². The second-order valence-corrected chi connectivity index (χ2v) is 4.28. The highest BCUT2D eigenvalue weighted by atomic mass is 16.5. The van der Waals surface area contributed by atoms with Gasteiger partial charge in [-0.25, -0.2) is 9.78 Å². The number of pyridine rings is 1. The Morgan fingerprint density at radius 2 is 2.24 bits per heavy atom. The van der Waals surface area contributed by atoms with Crippen molar-refractivity contribution in [1.82, 2.24) is 4.98 Å². The molecule has 0 aliphatic carbocycles. The van der Waals surface area contributed by atoms with Gasteiger partial charge >= 0.3 is 5.97 Å². The molecule has 0 amide bonds. The first-order valence-corrected chi connectivity index (χ1v) is 5.63. The SMILES string of the molecule is CC(C)CCCOc1nc(C(=O)O)ccc1N. The Bertz CT molecular complexity index is 391. The zero-order valence-electron chi connectivity index (χ0n) is 10.1. The summed E-state index contributed by atoms with van der Waals surface area (Å²) in [5.41, 5.74) is 5.95. The highest BCUT2D eigenvalue weighted by molar-refractivity contribution is 5.86. The van der Waals surface area contributed by atoms with E-state index in [0.717, 1.165) is 12.8 Å². The fourth-order valence-corrected chi connectivity index (χ4v) is 1.35. The molecular formula is C12H18N2O3. The van der Waals surface area contributed by atoms with Crippen molar-refractivity contribution in [1.29, 1.82) is 0 Å². The van der Waals surface area contributed by atoms with Gasteiger partial charge in [-0.2, -0.15) is 0 Å². The third-order valence-corrected chi connectivity index (χ3v) is 2.27. The molecule has 0 aliphatic rings. The summed E-state index contributed by atoms with van der Waals surface area (Å²) in [5, 5.41) is 8.79. The minimum Gasteiger partial charge on any atom is -0.477 e. The summed E-state index contributed by atoms with van der Waals surface area (Å²) >= 11 is 0. The van der Waals surface area contributed by atoms with Gasteiger partial charge in [0.2, 0.25) is 5.88 Å². The Balaban J connectivity index is 2.57. The average molecular weight is 238 g/mol. The maximum atomic E-state index is 10.7. The van der Waals surface area contributed by atoms with Gasteiger partial charge in [-0.15, -0.1) is 0 Å². The highest BCUT2D eigenvalue weighted by Gasteiger charge is 2.09. The molecule has 0 atom stereocenters. The van der Waals surface area contributed by atoms with Crippen molar-refractivity contribution in [3.05, 3.63) is 17.8 Å². The van der Waals surface area contributed by atoms with E-state index in [0.29, 0.717) is 18.2 Å². The monoisotopic (exact) mass is 238 g/mol. The number of carbonyl (C=O) groups is 1. The number of anilines is 1. The lowest BCUT2D eigenvalue weighted by Crippen LogP contribution is -2.07. The number of carboxylic acid groups (broad SMARTS) is 1. The summed E-state index contributed by atoms with van der Waals surface area (Å²) in [7, 11) is 0. The molecule has 0 aromatic carbocycles. The van der Waals surface area contributed by atoms with E-state index in [-0.39, 0.29) is 11.6 Å². The fraction of sp³-hybridized carbons (Fsp3) is 0.500. The van der Waals surface area contributed by atoms with Crippen LogP contribution in [-0.4, -0.2) is 22.7 Å². The largest absolute Gasteiger partial charge is 0.477 e. The van der Waals surface area contributed by atoms with Crippen LogP contribution >= 0.6 is 0 Å². The maximum absolute atomic E-state index is 10.7. The predicted octanol–water partition coefficient (Wildman–Crippen LogP) is 2.18. The molecule has 1 rings (SSSR count). The number of ether oxygens (including phenoxy) is 1. The second-order valence-electron chi connectivity index (χ2n) is 4.28. The molecule has 17 heavy (non-hydrogen) atoms. The smallest absolute Gasteiger partial charge is 0.354 e. The van der Waals surface area contributed by atoms with Gasteiger partial charge in [0.05, 0.1) is 12.3 Å². The lowest BCUT2D eigenvalue weighted by molar-refractivity contribution is 0.0689. The van der Waals surface area contributed by atoms with E-state index in [1.54, 1.807) is 0 Å². The molecule has 94 valence electrons. The number of nitrogens with zero attached hydrogens (tertiary/aromatic N) is 1. The molecule has 1 heterocycles. The molecule has 3 N–H and O–H groups in total. The first-order valence-electron chi connectivity index (χ1n) is 5.63. The van der Waals surface area contributed by atoms with Gasteiger partial charge in [-0.3, -0.25) is 0 Å². The van der Waals surface area contributed by atoms with Crippen molar-refractivity contribution >= 4 is 11.7 Å². The minimum absolute atomic E-state index is 0.0574. The van der Waals surface area contributed by atoms with Gasteiger partial charge in [0.15, 0.2) is 5.69 Å². The van der Waals surface area contributed by atoms with Crippen LogP contribution in [0.25, 0.3) is 0 Å². The van der Waals surface area contributed by atoms with Crippen LogP contribution in [0.3, 0.4) is 0 Å². The standard InChI is InChI=1S/C12H18N2O3/c1-8(2)4-3-7-17-11-9(13)5-6-10(14-11)12(15)16/h5-6,8H,3-4,7,13H2,1-2H3,(H,15,16). The maximum Gasteiger partial charge on any atom is 0.354 e. The minimum atomic E-state index is -1.09. The third-order valence-electron chi connectivity index (χ3n) is 2.27. The van der Waals surface area contributed by atoms with Crippen LogP contribution in [-0.2, 0) is 0 Å². The normalized spacial score (nSPS) is 10.5. The Kier molecular flexibility index (Phi) is 4.75. The Hall–Kier alpha value is -1.78. The van der Waals surface area contributed by atoms with Crippen molar-refractivity contribution in [2.75, 3.05) is 12.3 Å². The van der Waals surface area contributed by atoms with Crippen LogP contribution in [0, 0.1) is 5.92 Å². The topological polar surface area (TPSA) is 85.4 Å². The van der Waals surface area contributed by atoms with Crippen LogP contribution in [0.15, 0.2) is 12.1 Å². The lowest BCUT2D eigenvalue weighted by atomic mass is 10.1. The van der Waals surface area contributed by atoms with Gasteiger partial charge in [0.1, 0.15) is 0 Å². The van der Waals surface area contributed by atoms with Gasteiger partial charge < -0.3 is 15.6 Å². The molecule has 1 aromatic heterocycles. The molecule has 0 fully saturated rings. The number of aromatic nitrogens is 1. The molecule has 0 unspecified atom stereocenters. The lowest BCUT2D eigenvalue weighted by Gasteiger charge is -2.09. The molecule has 0 radical (unpaired) electrons. The molecule has 5 heteroatoms. The zero-order valence-corrected chi connectivity index (χ0v) is 10.1. The summed E-state index contributed by atoms with van der Waals surface area (Å²) in [5.74, 6) is -0.264. The first kappa shape index (κ1) is 13.3. The zero-order chi connectivity index (χ0) is 12.8. The Morgan fingerprint density at radius 3 is 2.82 bits per heavy atom. The third kappa shape index (κ3) is 4.30. The van der Waals surface area contributed by atoms with E-state index in [1.165, 1.54) is 12.1 Å². The highest BCUT2D eigenvalue weighted by Crippen LogP contribution is 2.19. The van der Waals surface area contributed by atoms with Gasteiger partial charge in [0, 0.05) is 0 Å². The summed E-state index contributed by atoms with van der Waals surface area (Å²) in [6.45, 7) is 4.77. The number of hydrogen-bond acceptors (Lipinski definition) is 4. The van der Waals surface area contributed by atoms with Crippen LogP contribution < -0.4 is 10.5 Å². The van der Waals surface area contributed by atoms with Crippen LogP contribution in [0.4, 0.5) is 5.69 Å². The molecule has 0 saturated heterocycles. The van der Waals surface area contributed by atoms with E-state index in [2.05, 4.69) is 18.8 Å². The molecule has 0 bridgehead atoms. The number of rotatable bonds is 6. The van der Waals surface area contributed by atoms with E-state index in [4.69, 9.17) is 15.6 Å². The van der Waals surface area contributed by atoms with Crippen molar-refractivity contribution in [2.45, 2.75) is 26.7 Å².